The molecule has 0 radical (unpaired) electrons. The highest BCUT2D eigenvalue weighted by Crippen LogP contribution is 2.71. The third-order valence-electron chi connectivity index (χ3n) is 6.60. The number of hydrogen-bond acceptors (Lipinski definition) is 4. The van der Waals surface area contributed by atoms with E-state index in [0.717, 1.165) is 23.8 Å². The maximum absolute atomic E-state index is 13.2. The lowest BCUT2D eigenvalue weighted by atomic mass is 9.81. The van der Waals surface area contributed by atoms with Gasteiger partial charge in [-0.25, -0.2) is 0 Å². The van der Waals surface area contributed by atoms with Crippen LogP contribution in [0.2, 0.25) is 0 Å². The molecule has 1 aromatic rings. The molecule has 0 aromatic heterocycles. The second-order valence-electron chi connectivity index (χ2n) is 7.65. The summed E-state index contributed by atoms with van der Waals surface area (Å²) in [4.78, 5) is 36.2. The molecule has 0 spiro atoms. The van der Waals surface area contributed by atoms with Crippen LogP contribution in [-0.4, -0.2) is 16.7 Å². The van der Waals surface area contributed by atoms with Gasteiger partial charge in [-0.15, -0.1) is 0 Å². The normalized spacial score (nSPS) is 37.1. The van der Waals surface area contributed by atoms with E-state index in [1.54, 1.807) is 0 Å². The fourth-order valence-corrected chi connectivity index (χ4v) is 5.63. The summed E-state index contributed by atoms with van der Waals surface area (Å²) in [7, 11) is 0. The number of halogens is 3. The molecule has 2 unspecified atom stereocenters. The molecule has 1 heterocycles. The van der Waals surface area contributed by atoms with Crippen molar-refractivity contribution in [2.45, 2.75) is 19.0 Å². The SMILES string of the molecule is O=C1[C@@H]2[C@H](C(=O)N1c1ccc([N+](=O)[O-])c(C(F)(F)F)c1)[C@H]1C[C@@H]2C2CC21. The Labute approximate surface area is 145 Å². The second kappa shape index (κ2) is 4.63. The molecule has 1 aliphatic heterocycles. The number of carbonyl (C=O) groups excluding carboxylic acids is 2. The van der Waals surface area contributed by atoms with Crippen LogP contribution in [0.1, 0.15) is 18.4 Å². The smallest absolute Gasteiger partial charge is 0.274 e. The van der Waals surface area contributed by atoms with Crippen LogP contribution < -0.4 is 4.90 Å². The summed E-state index contributed by atoms with van der Waals surface area (Å²) in [5.41, 5.74) is -2.79. The lowest BCUT2D eigenvalue weighted by Gasteiger charge is -2.19. The first-order valence-electron chi connectivity index (χ1n) is 8.43. The molecule has 3 saturated carbocycles. The van der Waals surface area contributed by atoms with E-state index in [9.17, 15) is 32.9 Å². The number of alkyl halides is 3. The quantitative estimate of drug-likeness (QED) is 0.458. The van der Waals surface area contributed by atoms with Crippen molar-refractivity contribution in [3.63, 3.8) is 0 Å². The molecule has 4 aliphatic rings. The third-order valence-corrected chi connectivity index (χ3v) is 6.60. The first kappa shape index (κ1) is 15.8. The molecule has 4 fully saturated rings. The van der Waals surface area contributed by atoms with Gasteiger partial charge in [-0.05, 0) is 48.6 Å². The lowest BCUT2D eigenvalue weighted by molar-refractivity contribution is -0.388. The summed E-state index contributed by atoms with van der Waals surface area (Å²) < 4.78 is 39.6. The summed E-state index contributed by atoms with van der Waals surface area (Å²) in [5, 5.41) is 10.9. The van der Waals surface area contributed by atoms with Gasteiger partial charge in [0.2, 0.25) is 11.8 Å². The van der Waals surface area contributed by atoms with Crippen LogP contribution >= 0.6 is 0 Å². The zero-order valence-corrected chi connectivity index (χ0v) is 13.3. The molecule has 26 heavy (non-hydrogen) atoms. The molecule has 1 aromatic carbocycles. The second-order valence-corrected chi connectivity index (χ2v) is 7.65. The van der Waals surface area contributed by atoms with E-state index in [4.69, 9.17) is 0 Å². The molecule has 136 valence electrons. The highest BCUT2D eigenvalue weighted by atomic mass is 19.4. The van der Waals surface area contributed by atoms with E-state index in [-0.39, 0.29) is 17.5 Å². The minimum absolute atomic E-state index is 0.150. The van der Waals surface area contributed by atoms with E-state index >= 15 is 0 Å². The predicted octanol–water partition coefficient (Wildman–Crippen LogP) is 3.01. The number of anilines is 1. The number of nitro groups is 1. The average Bonchev–Trinajstić information content (AvgIpc) is 3.07. The van der Waals surface area contributed by atoms with Crippen LogP contribution in [0, 0.1) is 45.6 Å². The van der Waals surface area contributed by atoms with Crippen LogP contribution in [0.3, 0.4) is 0 Å². The van der Waals surface area contributed by atoms with E-state index in [1.807, 2.05) is 0 Å². The van der Waals surface area contributed by atoms with Gasteiger partial charge in [0.05, 0.1) is 22.4 Å². The van der Waals surface area contributed by atoms with Crippen LogP contribution in [0.25, 0.3) is 0 Å². The zero-order chi connectivity index (χ0) is 18.5. The monoisotopic (exact) mass is 366 g/mol. The van der Waals surface area contributed by atoms with Crippen molar-refractivity contribution in [2.24, 2.45) is 35.5 Å². The molecule has 2 amide bonds. The summed E-state index contributed by atoms with van der Waals surface area (Å²) in [6, 6.07) is 2.30. The summed E-state index contributed by atoms with van der Waals surface area (Å²) in [6.07, 6.45) is -3.07. The van der Waals surface area contributed by atoms with E-state index < -0.39 is 46.0 Å². The highest BCUT2D eigenvalue weighted by molar-refractivity contribution is 6.22. The Morgan fingerprint density at radius 2 is 1.54 bits per heavy atom. The fourth-order valence-electron chi connectivity index (χ4n) is 5.63. The maximum atomic E-state index is 13.2. The van der Waals surface area contributed by atoms with E-state index in [0.29, 0.717) is 24.0 Å². The molecular weight excluding hydrogens is 353 g/mol. The number of amides is 2. The van der Waals surface area contributed by atoms with Crippen molar-refractivity contribution in [1.82, 2.24) is 0 Å². The van der Waals surface area contributed by atoms with Crippen molar-refractivity contribution in [2.75, 3.05) is 4.90 Å². The number of rotatable bonds is 2. The molecule has 9 heteroatoms. The Hall–Kier alpha value is -2.45. The Morgan fingerprint density at radius 3 is 2.04 bits per heavy atom. The average molecular weight is 366 g/mol. The molecule has 0 N–H and O–H groups in total. The molecule has 3 aliphatic carbocycles. The maximum Gasteiger partial charge on any atom is 0.423 e. The number of carbonyl (C=O) groups is 2. The Balaban J connectivity index is 1.56. The standard InChI is InChI=1S/C17H13F3N2O4/c18-17(19,20)11-3-6(1-2-12(11)22(25)26)21-15(23)13-9-5-10(8-4-7(8)9)14(13)16(21)24/h1-3,7-10,13-14H,4-5H2/t7?,8?,9-,10+,13+,14-. The lowest BCUT2D eigenvalue weighted by Crippen LogP contribution is -2.33. The molecule has 2 bridgehead atoms. The largest absolute Gasteiger partial charge is 0.423 e. The first-order valence-corrected chi connectivity index (χ1v) is 8.43. The minimum atomic E-state index is -4.96. The van der Waals surface area contributed by atoms with Gasteiger partial charge in [0.25, 0.3) is 5.69 Å². The Morgan fingerprint density at radius 1 is 1.00 bits per heavy atom. The van der Waals surface area contributed by atoms with Gasteiger partial charge in [-0.3, -0.25) is 24.6 Å². The molecule has 5 rings (SSSR count). The summed E-state index contributed by atoms with van der Waals surface area (Å²) in [6.45, 7) is 0. The summed E-state index contributed by atoms with van der Waals surface area (Å²) in [5.74, 6) is -0.560. The van der Waals surface area contributed by atoms with Crippen molar-refractivity contribution in [1.29, 1.82) is 0 Å². The summed E-state index contributed by atoms with van der Waals surface area (Å²) >= 11 is 0. The number of nitro benzene ring substituents is 1. The Kier molecular flexibility index (Phi) is 2.81. The van der Waals surface area contributed by atoms with Gasteiger partial charge in [-0.2, -0.15) is 13.2 Å². The molecule has 1 saturated heterocycles. The molecule has 6 atom stereocenters. The van der Waals surface area contributed by atoms with E-state index in [1.165, 1.54) is 0 Å². The van der Waals surface area contributed by atoms with Crippen molar-refractivity contribution >= 4 is 23.2 Å². The van der Waals surface area contributed by atoms with Crippen LogP contribution in [0.4, 0.5) is 24.5 Å². The topological polar surface area (TPSA) is 80.5 Å². The van der Waals surface area contributed by atoms with Gasteiger partial charge in [-0.1, -0.05) is 0 Å². The highest BCUT2D eigenvalue weighted by Gasteiger charge is 2.72. The predicted molar refractivity (Wildman–Crippen MR) is 80.8 cm³/mol. The van der Waals surface area contributed by atoms with E-state index in [2.05, 4.69) is 0 Å². The van der Waals surface area contributed by atoms with Crippen molar-refractivity contribution in [3.8, 4) is 0 Å². The number of nitrogens with zero attached hydrogens (tertiary/aromatic N) is 2. The van der Waals surface area contributed by atoms with Crippen LogP contribution in [-0.2, 0) is 15.8 Å². The van der Waals surface area contributed by atoms with Gasteiger partial charge in [0.1, 0.15) is 5.56 Å². The third kappa shape index (κ3) is 1.83. The van der Waals surface area contributed by atoms with Crippen LogP contribution in [0.15, 0.2) is 18.2 Å². The fraction of sp³-hybridized carbons (Fsp3) is 0.529. The van der Waals surface area contributed by atoms with Gasteiger partial charge in [0, 0.05) is 6.07 Å². The van der Waals surface area contributed by atoms with Crippen LogP contribution in [0.5, 0.6) is 0 Å². The molecule has 6 nitrogen and oxygen atoms in total. The number of hydrogen-bond donors (Lipinski definition) is 0. The van der Waals surface area contributed by atoms with Gasteiger partial charge >= 0.3 is 6.18 Å². The minimum Gasteiger partial charge on any atom is -0.274 e. The Bertz CT molecular complexity index is 851. The van der Waals surface area contributed by atoms with Gasteiger partial charge in [0.15, 0.2) is 0 Å². The van der Waals surface area contributed by atoms with Crippen molar-refractivity contribution in [3.05, 3.63) is 33.9 Å². The first-order chi connectivity index (χ1) is 12.2. The molecular formula is C17H13F3N2O4. The number of fused-ring (bicyclic) bond motifs is 8. The number of benzene rings is 1. The van der Waals surface area contributed by atoms with Gasteiger partial charge < -0.3 is 0 Å². The zero-order valence-electron chi connectivity index (χ0n) is 13.3. The number of imide groups is 1. The van der Waals surface area contributed by atoms with Crippen molar-refractivity contribution < 1.29 is 27.7 Å².